The van der Waals surface area contributed by atoms with Gasteiger partial charge in [-0.25, -0.2) is 0 Å². The summed E-state index contributed by atoms with van der Waals surface area (Å²) in [5.41, 5.74) is 5.94. The van der Waals surface area contributed by atoms with Crippen LogP contribution in [-0.2, 0) is 6.42 Å². The highest BCUT2D eigenvalue weighted by atomic mass is 32.1. The predicted molar refractivity (Wildman–Crippen MR) is 114 cm³/mol. The molecule has 2 aromatic heterocycles. The van der Waals surface area contributed by atoms with E-state index in [0.29, 0.717) is 0 Å². The monoisotopic (exact) mass is 387 g/mol. The summed E-state index contributed by atoms with van der Waals surface area (Å²) >= 11 is 1.74. The number of rotatable bonds is 3. The van der Waals surface area contributed by atoms with Crippen molar-refractivity contribution >= 4 is 21.4 Å². The SMILES string of the molecule is COc1c(C2c3cc(-c4cccnn4)ccc3CCN2C)ccc2ccsc12. The molecule has 0 amide bonds. The van der Waals surface area contributed by atoms with Gasteiger partial charge in [0.1, 0.15) is 5.75 Å². The lowest BCUT2D eigenvalue weighted by molar-refractivity contribution is 0.259. The molecule has 0 saturated carbocycles. The molecule has 0 aliphatic carbocycles. The van der Waals surface area contributed by atoms with Crippen LogP contribution >= 0.6 is 11.3 Å². The molecule has 1 aliphatic rings. The Hall–Kier alpha value is -2.76. The quantitative estimate of drug-likeness (QED) is 0.499. The maximum absolute atomic E-state index is 5.91. The average molecular weight is 388 g/mol. The van der Waals surface area contributed by atoms with E-state index in [9.17, 15) is 0 Å². The first-order chi connectivity index (χ1) is 13.8. The summed E-state index contributed by atoms with van der Waals surface area (Å²) in [6, 6.07) is 17.3. The van der Waals surface area contributed by atoms with Gasteiger partial charge in [-0.15, -0.1) is 11.3 Å². The lowest BCUT2D eigenvalue weighted by Crippen LogP contribution is -2.33. The third kappa shape index (κ3) is 2.79. The Morgan fingerprint density at radius 2 is 2.04 bits per heavy atom. The normalized spacial score (nSPS) is 16.9. The Bertz CT molecular complexity index is 1140. The Balaban J connectivity index is 1.69. The zero-order valence-electron chi connectivity index (χ0n) is 15.9. The molecule has 2 aromatic carbocycles. The highest BCUT2D eigenvalue weighted by Gasteiger charge is 2.30. The molecule has 0 radical (unpaired) electrons. The number of benzene rings is 2. The molecule has 4 aromatic rings. The van der Waals surface area contributed by atoms with Crippen molar-refractivity contribution in [2.24, 2.45) is 0 Å². The first kappa shape index (κ1) is 17.3. The molecular formula is C23H21N3OS. The van der Waals surface area contributed by atoms with E-state index in [1.807, 2.05) is 12.1 Å². The summed E-state index contributed by atoms with van der Waals surface area (Å²) in [5.74, 6) is 0.988. The van der Waals surface area contributed by atoms with E-state index in [1.165, 1.54) is 26.8 Å². The number of thiophene rings is 1. The molecule has 0 bridgehead atoms. The molecule has 4 nitrogen and oxygen atoms in total. The molecule has 0 saturated heterocycles. The van der Waals surface area contributed by atoms with E-state index >= 15 is 0 Å². The van der Waals surface area contributed by atoms with Gasteiger partial charge in [0.15, 0.2) is 0 Å². The summed E-state index contributed by atoms with van der Waals surface area (Å²) in [6.45, 7) is 1.02. The van der Waals surface area contributed by atoms with Crippen molar-refractivity contribution in [2.75, 3.05) is 20.7 Å². The van der Waals surface area contributed by atoms with Gasteiger partial charge in [-0.05, 0) is 59.6 Å². The summed E-state index contributed by atoms with van der Waals surface area (Å²) < 4.78 is 7.12. The Morgan fingerprint density at radius 1 is 1.11 bits per heavy atom. The van der Waals surface area contributed by atoms with Crippen LogP contribution in [0.4, 0.5) is 0 Å². The number of aromatic nitrogens is 2. The van der Waals surface area contributed by atoms with Gasteiger partial charge in [-0.3, -0.25) is 4.90 Å². The van der Waals surface area contributed by atoms with Crippen molar-refractivity contribution in [3.05, 3.63) is 76.8 Å². The van der Waals surface area contributed by atoms with Crippen LogP contribution in [0.25, 0.3) is 21.3 Å². The molecule has 140 valence electrons. The largest absolute Gasteiger partial charge is 0.495 e. The van der Waals surface area contributed by atoms with Crippen LogP contribution in [0.15, 0.2) is 60.1 Å². The number of likely N-dealkylation sites (N-methyl/N-ethyl adjacent to an activating group) is 1. The fraction of sp³-hybridized carbons (Fsp3) is 0.217. The summed E-state index contributed by atoms with van der Waals surface area (Å²) in [6.07, 6.45) is 2.76. The van der Waals surface area contributed by atoms with Crippen molar-refractivity contribution in [2.45, 2.75) is 12.5 Å². The van der Waals surface area contributed by atoms with Crippen LogP contribution < -0.4 is 4.74 Å². The van der Waals surface area contributed by atoms with Crippen molar-refractivity contribution < 1.29 is 4.74 Å². The Kier molecular flexibility index (Phi) is 4.34. The van der Waals surface area contributed by atoms with E-state index in [1.54, 1.807) is 24.6 Å². The molecule has 28 heavy (non-hydrogen) atoms. The lowest BCUT2D eigenvalue weighted by Gasteiger charge is -2.36. The zero-order chi connectivity index (χ0) is 19.1. The first-order valence-corrected chi connectivity index (χ1v) is 10.3. The fourth-order valence-corrected chi connectivity index (χ4v) is 5.14. The standard InChI is InChI=1S/C23H21N3OS/c1-26-12-9-15-5-6-17(20-4-3-11-24-25-20)14-19(15)21(26)18-8-7-16-10-13-28-23(16)22(18)27-2/h3-8,10-11,13-14,21H,9,12H2,1-2H3. The average Bonchev–Trinajstić information content (AvgIpc) is 3.22. The Morgan fingerprint density at radius 3 is 2.86 bits per heavy atom. The van der Waals surface area contributed by atoms with Crippen molar-refractivity contribution in [3.8, 4) is 17.0 Å². The minimum atomic E-state index is 0.154. The smallest absolute Gasteiger partial charge is 0.141 e. The number of fused-ring (bicyclic) bond motifs is 2. The van der Waals surface area contributed by atoms with Gasteiger partial charge in [0, 0.05) is 23.9 Å². The van der Waals surface area contributed by atoms with Crippen molar-refractivity contribution in [1.29, 1.82) is 0 Å². The summed E-state index contributed by atoms with van der Waals surface area (Å²) in [4.78, 5) is 2.42. The molecule has 0 spiro atoms. The van der Waals surface area contributed by atoms with Gasteiger partial charge in [0.2, 0.25) is 0 Å². The molecule has 1 atom stereocenters. The third-order valence-electron chi connectivity index (χ3n) is 5.59. The Labute approximate surface area is 168 Å². The van der Waals surface area contributed by atoms with Gasteiger partial charge in [0.05, 0.1) is 23.5 Å². The fourth-order valence-electron chi connectivity index (χ4n) is 4.21. The molecule has 0 N–H and O–H groups in total. The molecular weight excluding hydrogens is 366 g/mol. The molecule has 5 heteroatoms. The van der Waals surface area contributed by atoms with Crippen molar-refractivity contribution in [3.63, 3.8) is 0 Å². The molecule has 0 fully saturated rings. The van der Waals surface area contributed by atoms with E-state index in [-0.39, 0.29) is 6.04 Å². The second-order valence-electron chi connectivity index (χ2n) is 7.18. The number of methoxy groups -OCH3 is 1. The third-order valence-corrected chi connectivity index (χ3v) is 6.52. The first-order valence-electron chi connectivity index (χ1n) is 9.41. The van der Waals surface area contributed by atoms with Crippen LogP contribution in [-0.4, -0.2) is 35.8 Å². The second kappa shape index (κ2) is 7.00. The minimum absolute atomic E-state index is 0.154. The van der Waals surface area contributed by atoms with Gasteiger partial charge in [0.25, 0.3) is 0 Å². The maximum Gasteiger partial charge on any atom is 0.141 e. The van der Waals surface area contributed by atoms with Crippen LogP contribution in [0.5, 0.6) is 5.75 Å². The highest BCUT2D eigenvalue weighted by Crippen LogP contribution is 2.43. The highest BCUT2D eigenvalue weighted by molar-refractivity contribution is 7.17. The summed E-state index contributed by atoms with van der Waals surface area (Å²) in [7, 11) is 3.97. The lowest BCUT2D eigenvalue weighted by atomic mass is 9.86. The molecule has 3 heterocycles. The van der Waals surface area contributed by atoms with E-state index in [2.05, 4.69) is 63.9 Å². The zero-order valence-corrected chi connectivity index (χ0v) is 16.7. The van der Waals surface area contributed by atoms with Crippen LogP contribution in [0, 0.1) is 0 Å². The number of ether oxygens (including phenoxy) is 1. The van der Waals surface area contributed by atoms with Gasteiger partial charge >= 0.3 is 0 Å². The number of nitrogens with zero attached hydrogens (tertiary/aromatic N) is 3. The number of hydrogen-bond acceptors (Lipinski definition) is 5. The van der Waals surface area contributed by atoms with Crippen LogP contribution in [0.2, 0.25) is 0 Å². The molecule has 1 aliphatic heterocycles. The topological polar surface area (TPSA) is 38.3 Å². The van der Waals surface area contributed by atoms with E-state index in [0.717, 1.165) is 30.0 Å². The van der Waals surface area contributed by atoms with Gasteiger partial charge in [-0.1, -0.05) is 24.3 Å². The van der Waals surface area contributed by atoms with Gasteiger partial charge in [-0.2, -0.15) is 10.2 Å². The molecule has 5 rings (SSSR count). The van der Waals surface area contributed by atoms with Crippen molar-refractivity contribution in [1.82, 2.24) is 15.1 Å². The second-order valence-corrected chi connectivity index (χ2v) is 8.10. The van der Waals surface area contributed by atoms with Crippen LogP contribution in [0.1, 0.15) is 22.7 Å². The predicted octanol–water partition coefficient (Wildman–Crippen LogP) is 4.94. The minimum Gasteiger partial charge on any atom is -0.495 e. The van der Waals surface area contributed by atoms with E-state index < -0.39 is 0 Å². The summed E-state index contributed by atoms with van der Waals surface area (Å²) in [5, 5.41) is 11.7. The number of hydrogen-bond donors (Lipinski definition) is 0. The van der Waals surface area contributed by atoms with Gasteiger partial charge < -0.3 is 4.74 Å². The maximum atomic E-state index is 5.91. The van der Waals surface area contributed by atoms with Crippen LogP contribution in [0.3, 0.4) is 0 Å². The van der Waals surface area contributed by atoms with E-state index in [4.69, 9.17) is 4.74 Å². The molecule has 1 unspecified atom stereocenters.